The minimum atomic E-state index is 0.270. The summed E-state index contributed by atoms with van der Waals surface area (Å²) in [6.45, 7) is 4.25. The third kappa shape index (κ3) is 2.72. The van der Waals surface area contributed by atoms with Crippen molar-refractivity contribution in [2.45, 2.75) is 18.7 Å². The Morgan fingerprint density at radius 2 is 1.94 bits per heavy atom. The number of benzene rings is 1. The average Bonchev–Trinajstić information content (AvgIpc) is 2.75. The first-order valence-electron chi connectivity index (χ1n) is 5.46. The predicted molar refractivity (Wildman–Crippen MR) is 77.6 cm³/mol. The summed E-state index contributed by atoms with van der Waals surface area (Å²) in [5.74, 6) is 0.910. The van der Waals surface area contributed by atoms with Crippen LogP contribution in [-0.4, -0.2) is 7.11 Å². The molecule has 1 aromatic carbocycles. The van der Waals surface area contributed by atoms with E-state index >= 15 is 0 Å². The van der Waals surface area contributed by atoms with Crippen LogP contribution in [0, 0.1) is 13.8 Å². The summed E-state index contributed by atoms with van der Waals surface area (Å²) in [7, 11) is 1.70. The number of alkyl halides is 1. The van der Waals surface area contributed by atoms with E-state index in [0.29, 0.717) is 0 Å². The number of thiophene rings is 1. The van der Waals surface area contributed by atoms with E-state index in [1.54, 1.807) is 7.11 Å². The van der Waals surface area contributed by atoms with Crippen LogP contribution >= 0.6 is 27.3 Å². The van der Waals surface area contributed by atoms with Crippen molar-refractivity contribution in [3.63, 3.8) is 0 Å². The summed E-state index contributed by atoms with van der Waals surface area (Å²) < 4.78 is 5.23. The summed E-state index contributed by atoms with van der Waals surface area (Å²) >= 11 is 5.61. The van der Waals surface area contributed by atoms with Gasteiger partial charge in [0.1, 0.15) is 5.75 Å². The van der Waals surface area contributed by atoms with Gasteiger partial charge in [-0.15, -0.1) is 11.3 Å². The number of ether oxygens (including phenoxy) is 1. The lowest BCUT2D eigenvalue weighted by atomic mass is 10.0. The summed E-state index contributed by atoms with van der Waals surface area (Å²) in [5.41, 5.74) is 2.55. The Morgan fingerprint density at radius 3 is 2.47 bits per heavy atom. The molecule has 2 rings (SSSR count). The van der Waals surface area contributed by atoms with Crippen LogP contribution in [0.15, 0.2) is 30.3 Å². The van der Waals surface area contributed by atoms with Gasteiger partial charge in [0.25, 0.3) is 0 Å². The Morgan fingerprint density at radius 1 is 1.18 bits per heavy atom. The fourth-order valence-corrected chi connectivity index (χ4v) is 3.62. The maximum Gasteiger partial charge on any atom is 0.119 e. The molecule has 0 saturated heterocycles. The molecule has 0 fully saturated rings. The smallest absolute Gasteiger partial charge is 0.119 e. The molecule has 1 nitrogen and oxygen atoms in total. The fourth-order valence-electron chi connectivity index (χ4n) is 1.80. The zero-order chi connectivity index (χ0) is 12.4. The van der Waals surface area contributed by atoms with E-state index in [2.05, 4.69) is 54.0 Å². The molecule has 0 aliphatic rings. The molecule has 1 unspecified atom stereocenters. The Bertz CT molecular complexity index is 519. The monoisotopic (exact) mass is 310 g/mol. The molecule has 2 aromatic rings. The van der Waals surface area contributed by atoms with E-state index < -0.39 is 0 Å². The van der Waals surface area contributed by atoms with Crippen molar-refractivity contribution in [1.82, 2.24) is 0 Å². The molecule has 1 aromatic heterocycles. The van der Waals surface area contributed by atoms with Crippen LogP contribution in [0.25, 0.3) is 0 Å². The molecule has 0 bridgehead atoms. The quantitative estimate of drug-likeness (QED) is 0.736. The van der Waals surface area contributed by atoms with Crippen molar-refractivity contribution in [3.05, 3.63) is 51.2 Å². The summed E-state index contributed by atoms with van der Waals surface area (Å²) in [5, 5.41) is 0. The van der Waals surface area contributed by atoms with Gasteiger partial charge < -0.3 is 4.74 Å². The van der Waals surface area contributed by atoms with Crippen LogP contribution in [0.5, 0.6) is 5.75 Å². The largest absolute Gasteiger partial charge is 0.497 e. The van der Waals surface area contributed by atoms with Crippen molar-refractivity contribution >= 4 is 27.3 Å². The molecule has 0 N–H and O–H groups in total. The normalized spacial score (nSPS) is 12.5. The lowest BCUT2D eigenvalue weighted by Crippen LogP contribution is -1.94. The van der Waals surface area contributed by atoms with Crippen molar-refractivity contribution in [1.29, 1.82) is 0 Å². The lowest BCUT2D eigenvalue weighted by Gasteiger charge is -2.12. The van der Waals surface area contributed by atoms with Crippen LogP contribution in [0.2, 0.25) is 0 Å². The third-order valence-corrected chi connectivity index (χ3v) is 5.12. The second-order valence-electron chi connectivity index (χ2n) is 4.03. The highest BCUT2D eigenvalue weighted by molar-refractivity contribution is 9.09. The molecular formula is C14H15BrOS. The first-order chi connectivity index (χ1) is 8.11. The van der Waals surface area contributed by atoms with Gasteiger partial charge in [-0.1, -0.05) is 22.0 Å². The molecule has 3 heteroatoms. The molecular weight excluding hydrogens is 296 g/mol. The van der Waals surface area contributed by atoms with Crippen molar-refractivity contribution in [2.24, 2.45) is 0 Å². The van der Waals surface area contributed by atoms with Crippen molar-refractivity contribution in [3.8, 4) is 5.75 Å². The van der Waals surface area contributed by atoms with Gasteiger partial charge in [-0.2, -0.15) is 0 Å². The molecule has 0 aliphatic carbocycles. The Balaban J connectivity index is 2.34. The molecule has 17 heavy (non-hydrogen) atoms. The first-order valence-corrected chi connectivity index (χ1v) is 7.20. The summed E-state index contributed by atoms with van der Waals surface area (Å²) in [6.07, 6.45) is 0. The van der Waals surface area contributed by atoms with E-state index in [0.717, 1.165) is 5.75 Å². The van der Waals surface area contributed by atoms with Crippen LogP contribution in [-0.2, 0) is 0 Å². The molecule has 90 valence electrons. The Hall–Kier alpha value is -0.800. The Kier molecular flexibility index (Phi) is 3.89. The summed E-state index contributed by atoms with van der Waals surface area (Å²) in [4.78, 5) is 2.96. The molecule has 0 amide bonds. The first kappa shape index (κ1) is 12.7. The van der Waals surface area contributed by atoms with E-state index in [9.17, 15) is 0 Å². The van der Waals surface area contributed by atoms with Gasteiger partial charge >= 0.3 is 0 Å². The second-order valence-corrected chi connectivity index (χ2v) is 6.27. The van der Waals surface area contributed by atoms with Crippen LogP contribution in [0.3, 0.4) is 0 Å². The van der Waals surface area contributed by atoms with Gasteiger partial charge in [-0.25, -0.2) is 0 Å². The Labute approximate surface area is 115 Å². The molecule has 0 saturated carbocycles. The number of hydrogen-bond donors (Lipinski definition) is 0. The topological polar surface area (TPSA) is 9.23 Å². The number of hydrogen-bond acceptors (Lipinski definition) is 2. The van der Waals surface area contributed by atoms with E-state index in [1.165, 1.54) is 20.9 Å². The number of rotatable bonds is 3. The minimum absolute atomic E-state index is 0.270. The molecule has 1 atom stereocenters. The predicted octanol–water partition coefficient (Wildman–Crippen LogP) is 4.86. The van der Waals surface area contributed by atoms with E-state index in [4.69, 9.17) is 4.74 Å². The molecule has 1 heterocycles. The fraction of sp³-hybridized carbons (Fsp3) is 0.286. The highest BCUT2D eigenvalue weighted by Gasteiger charge is 2.14. The molecule has 0 spiro atoms. The van der Waals surface area contributed by atoms with Crippen molar-refractivity contribution < 1.29 is 4.74 Å². The van der Waals surface area contributed by atoms with E-state index in [-0.39, 0.29) is 4.83 Å². The lowest BCUT2D eigenvalue weighted by molar-refractivity contribution is 0.414. The summed E-state index contributed by atoms with van der Waals surface area (Å²) in [6, 6.07) is 10.6. The number of aryl methyl sites for hydroxylation is 2. The number of methoxy groups -OCH3 is 1. The van der Waals surface area contributed by atoms with Gasteiger partial charge in [0.15, 0.2) is 0 Å². The molecule has 0 radical (unpaired) electrons. The highest BCUT2D eigenvalue weighted by atomic mass is 79.9. The zero-order valence-electron chi connectivity index (χ0n) is 10.2. The van der Waals surface area contributed by atoms with Crippen LogP contribution in [0.4, 0.5) is 0 Å². The van der Waals surface area contributed by atoms with Gasteiger partial charge in [0.2, 0.25) is 0 Å². The molecule has 0 aliphatic heterocycles. The second kappa shape index (κ2) is 5.23. The van der Waals surface area contributed by atoms with E-state index in [1.807, 2.05) is 17.4 Å². The minimum Gasteiger partial charge on any atom is -0.497 e. The SMILES string of the molecule is COc1ccc(C(Br)c2ccc(C)s2)c(C)c1. The average molecular weight is 311 g/mol. The highest BCUT2D eigenvalue weighted by Crippen LogP contribution is 2.37. The van der Waals surface area contributed by atoms with Crippen LogP contribution < -0.4 is 4.74 Å². The van der Waals surface area contributed by atoms with Crippen LogP contribution in [0.1, 0.15) is 25.7 Å². The van der Waals surface area contributed by atoms with Crippen molar-refractivity contribution in [2.75, 3.05) is 7.11 Å². The number of halogens is 1. The maximum atomic E-state index is 5.23. The van der Waals surface area contributed by atoms with Gasteiger partial charge in [0.05, 0.1) is 11.9 Å². The standard InChI is InChI=1S/C14H15BrOS/c1-9-8-11(16-3)5-6-12(9)14(15)13-7-4-10(2)17-13/h4-8,14H,1-3H3. The third-order valence-electron chi connectivity index (χ3n) is 2.76. The maximum absolute atomic E-state index is 5.23. The van der Waals surface area contributed by atoms with Gasteiger partial charge in [-0.05, 0) is 49.2 Å². The van der Waals surface area contributed by atoms with Gasteiger partial charge in [0, 0.05) is 9.75 Å². The zero-order valence-corrected chi connectivity index (χ0v) is 12.6. The van der Waals surface area contributed by atoms with Gasteiger partial charge in [-0.3, -0.25) is 0 Å².